The predicted octanol–water partition coefficient (Wildman–Crippen LogP) is 3.22. The van der Waals surface area contributed by atoms with E-state index in [1.54, 1.807) is 41.5 Å². The SMILES string of the molecule is CCCO[C@]1(C)C[C@@H](C)C(=O)[C@H](C)[C@@H](O)[C@](C)(O)[C@@H](CC)OC(=O)[C@H](C)[C@@H](O[C@H]2C[C@@](C)(OC)[C@@H](O)[C@H](C)O2)[C@H](C)[C@H]1O[C@@H]1O[C@H](C)C[C@H](N(C)C)[C@H]1O. The molecule has 3 aliphatic rings. The number of carbonyl (C=O) groups excluding carboxylic acids is 2. The van der Waals surface area contributed by atoms with Gasteiger partial charge in [-0.15, -0.1) is 0 Å². The minimum Gasteiger partial charge on any atom is -0.459 e. The van der Waals surface area contributed by atoms with Gasteiger partial charge >= 0.3 is 5.97 Å². The van der Waals surface area contributed by atoms with Gasteiger partial charge in [-0.2, -0.15) is 0 Å². The van der Waals surface area contributed by atoms with Gasteiger partial charge in [0, 0.05) is 43.9 Å². The first-order valence-electron chi connectivity index (χ1n) is 20.0. The molecule has 3 heterocycles. The minimum absolute atomic E-state index is 0.128. The lowest BCUT2D eigenvalue weighted by Gasteiger charge is -2.50. The number of cyclic esters (lactones) is 1. The standard InChI is InChI=1S/C40H73NO13/c1-15-17-49-39(10)19-21(3)30(42)23(5)33(44)40(11,47)28(16-2)52-36(46)25(7)32(53-29-20-38(9,48-14)34(45)26(8)51-29)24(6)35(39)54-37-31(43)27(41(12)13)18-22(4)50-37/h21-29,31-35,37,43-45,47H,15-20H2,1-14H3/t21-,22-,23+,24+,25-,26+,27+,28-,29+,31-,32+,33-,34+,35-,37+,38-,39-,40-/m1/s1. The maximum Gasteiger partial charge on any atom is 0.311 e. The normalized spacial score (nSPS) is 47.6. The van der Waals surface area contributed by atoms with Crippen LogP contribution in [0.4, 0.5) is 0 Å². The lowest BCUT2D eigenvalue weighted by molar-refractivity contribution is -0.320. The van der Waals surface area contributed by atoms with E-state index < -0.39 is 102 Å². The molecule has 3 rings (SSSR count). The van der Waals surface area contributed by atoms with Gasteiger partial charge in [-0.25, -0.2) is 0 Å². The van der Waals surface area contributed by atoms with Crippen molar-refractivity contribution in [2.24, 2.45) is 23.7 Å². The molecule has 18 atom stereocenters. The Morgan fingerprint density at radius 2 is 1.50 bits per heavy atom. The monoisotopic (exact) mass is 776 g/mol. The van der Waals surface area contributed by atoms with Crippen LogP contribution in [0.1, 0.15) is 108 Å². The first kappa shape index (κ1) is 47.1. The van der Waals surface area contributed by atoms with Gasteiger partial charge in [0.15, 0.2) is 12.6 Å². The number of methoxy groups -OCH3 is 1. The zero-order chi connectivity index (χ0) is 41.1. The first-order valence-corrected chi connectivity index (χ1v) is 20.0. The molecule has 0 saturated carbocycles. The van der Waals surface area contributed by atoms with Gasteiger partial charge in [-0.3, -0.25) is 9.59 Å². The Morgan fingerprint density at radius 1 is 0.870 bits per heavy atom. The van der Waals surface area contributed by atoms with Crippen molar-refractivity contribution in [2.45, 2.75) is 193 Å². The number of likely N-dealkylation sites (N-methyl/N-ethyl adjacent to an activating group) is 1. The van der Waals surface area contributed by atoms with Crippen molar-refractivity contribution >= 4 is 11.8 Å². The molecular formula is C40H73NO13. The second-order valence-electron chi connectivity index (χ2n) is 17.3. The molecule has 0 bridgehead atoms. The minimum atomic E-state index is -1.97. The first-order chi connectivity index (χ1) is 25.0. The largest absolute Gasteiger partial charge is 0.459 e. The number of esters is 1. The smallest absolute Gasteiger partial charge is 0.311 e. The summed E-state index contributed by atoms with van der Waals surface area (Å²) in [7, 11) is 5.28. The number of rotatable bonds is 10. The van der Waals surface area contributed by atoms with Gasteiger partial charge in [0.2, 0.25) is 0 Å². The average Bonchev–Trinajstić information content (AvgIpc) is 3.11. The van der Waals surface area contributed by atoms with Crippen LogP contribution in [-0.4, -0.2) is 149 Å². The molecule has 0 aromatic rings. The van der Waals surface area contributed by atoms with Gasteiger partial charge in [0.05, 0.1) is 47.6 Å². The van der Waals surface area contributed by atoms with Crippen molar-refractivity contribution in [3.8, 4) is 0 Å². The van der Waals surface area contributed by atoms with Crippen LogP contribution in [0.15, 0.2) is 0 Å². The second kappa shape index (κ2) is 19.0. The summed E-state index contributed by atoms with van der Waals surface area (Å²) in [6.45, 7) is 19.5. The summed E-state index contributed by atoms with van der Waals surface area (Å²) in [5, 5.41) is 45.9. The van der Waals surface area contributed by atoms with E-state index in [1.807, 2.05) is 46.7 Å². The highest BCUT2D eigenvalue weighted by atomic mass is 16.7. The van der Waals surface area contributed by atoms with E-state index >= 15 is 0 Å². The van der Waals surface area contributed by atoms with E-state index in [0.29, 0.717) is 19.4 Å². The van der Waals surface area contributed by atoms with Crippen LogP contribution in [-0.2, 0) is 42.7 Å². The van der Waals surface area contributed by atoms with Crippen molar-refractivity contribution in [3.63, 3.8) is 0 Å². The van der Waals surface area contributed by atoms with Crippen LogP contribution in [0.2, 0.25) is 0 Å². The highest BCUT2D eigenvalue weighted by Crippen LogP contribution is 2.42. The molecule has 0 amide bonds. The third-order valence-corrected chi connectivity index (χ3v) is 12.4. The summed E-state index contributed by atoms with van der Waals surface area (Å²) >= 11 is 0. The molecule has 316 valence electrons. The van der Waals surface area contributed by atoms with Crippen LogP contribution < -0.4 is 0 Å². The van der Waals surface area contributed by atoms with Crippen LogP contribution in [0.25, 0.3) is 0 Å². The third kappa shape index (κ3) is 10.2. The summed E-state index contributed by atoms with van der Waals surface area (Å²) in [6, 6.07) is -0.284. The van der Waals surface area contributed by atoms with Crippen molar-refractivity contribution < 1.29 is 63.2 Å². The van der Waals surface area contributed by atoms with E-state index in [2.05, 4.69) is 0 Å². The van der Waals surface area contributed by atoms with Crippen molar-refractivity contribution in [3.05, 3.63) is 0 Å². The number of ketones is 1. The Balaban J connectivity index is 2.27. The molecule has 4 N–H and O–H groups in total. The van der Waals surface area contributed by atoms with Crippen molar-refractivity contribution in [2.75, 3.05) is 27.8 Å². The molecule has 3 fully saturated rings. The number of aliphatic hydroxyl groups is 4. The molecule has 0 unspecified atom stereocenters. The Hall–Kier alpha value is -1.30. The molecular weight excluding hydrogens is 702 g/mol. The lowest BCUT2D eigenvalue weighted by atomic mass is 9.73. The molecule has 14 heteroatoms. The highest BCUT2D eigenvalue weighted by molar-refractivity contribution is 5.83. The fourth-order valence-electron chi connectivity index (χ4n) is 8.86. The van der Waals surface area contributed by atoms with Crippen LogP contribution >= 0.6 is 0 Å². The number of Topliss-reactive ketones (excluding diaryl/α,β-unsaturated/α-hetero) is 1. The molecule has 14 nitrogen and oxygen atoms in total. The highest BCUT2D eigenvalue weighted by Gasteiger charge is 2.54. The quantitative estimate of drug-likeness (QED) is 0.238. The second-order valence-corrected chi connectivity index (χ2v) is 17.3. The molecule has 0 radical (unpaired) electrons. The Morgan fingerprint density at radius 3 is 2.06 bits per heavy atom. The zero-order valence-electron chi connectivity index (χ0n) is 35.3. The van der Waals surface area contributed by atoms with E-state index in [1.165, 1.54) is 14.0 Å². The van der Waals surface area contributed by atoms with Gasteiger partial charge in [-0.05, 0) is 81.3 Å². The van der Waals surface area contributed by atoms with Gasteiger partial charge in [0.1, 0.15) is 29.7 Å². The van der Waals surface area contributed by atoms with Crippen LogP contribution in [0, 0.1) is 23.7 Å². The number of aliphatic hydroxyl groups excluding tert-OH is 3. The van der Waals surface area contributed by atoms with E-state index in [-0.39, 0.29) is 37.2 Å². The number of carbonyl (C=O) groups is 2. The van der Waals surface area contributed by atoms with E-state index in [4.69, 9.17) is 33.2 Å². The molecule has 0 aromatic heterocycles. The Labute approximate surface area is 323 Å². The fraction of sp³-hybridized carbons (Fsp3) is 0.950. The van der Waals surface area contributed by atoms with Gasteiger partial charge < -0.3 is 58.5 Å². The summed E-state index contributed by atoms with van der Waals surface area (Å²) in [5.74, 6) is -4.45. The topological polar surface area (TPSA) is 183 Å². The maximum absolute atomic E-state index is 14.3. The molecule has 3 saturated heterocycles. The molecule has 3 aliphatic heterocycles. The predicted molar refractivity (Wildman–Crippen MR) is 200 cm³/mol. The zero-order valence-corrected chi connectivity index (χ0v) is 35.3. The summed E-state index contributed by atoms with van der Waals surface area (Å²) in [4.78, 5) is 30.3. The maximum atomic E-state index is 14.3. The number of hydrogen-bond donors (Lipinski definition) is 4. The molecule has 54 heavy (non-hydrogen) atoms. The Kier molecular flexibility index (Phi) is 16.5. The lowest BCUT2D eigenvalue weighted by Crippen LogP contribution is -2.61. The van der Waals surface area contributed by atoms with Crippen LogP contribution in [0.5, 0.6) is 0 Å². The number of hydrogen-bond acceptors (Lipinski definition) is 14. The van der Waals surface area contributed by atoms with Crippen LogP contribution in [0.3, 0.4) is 0 Å². The fourth-order valence-corrected chi connectivity index (χ4v) is 8.86. The molecule has 0 spiro atoms. The molecule has 0 aliphatic carbocycles. The number of ether oxygens (including phenoxy) is 7. The summed E-state index contributed by atoms with van der Waals surface area (Å²) in [5.41, 5.74) is -4.24. The third-order valence-electron chi connectivity index (χ3n) is 12.4. The summed E-state index contributed by atoms with van der Waals surface area (Å²) < 4.78 is 44.6. The Bertz CT molecular complexity index is 1220. The van der Waals surface area contributed by atoms with Gasteiger partial charge in [-0.1, -0.05) is 34.6 Å². The van der Waals surface area contributed by atoms with Crippen molar-refractivity contribution in [1.82, 2.24) is 4.90 Å². The summed E-state index contributed by atoms with van der Waals surface area (Å²) in [6.07, 6.45) is -8.06. The van der Waals surface area contributed by atoms with Crippen molar-refractivity contribution in [1.29, 1.82) is 0 Å². The number of nitrogens with zero attached hydrogens (tertiary/aromatic N) is 1. The molecule has 0 aromatic carbocycles. The van der Waals surface area contributed by atoms with E-state index in [9.17, 15) is 30.0 Å². The van der Waals surface area contributed by atoms with Gasteiger partial charge in [0.25, 0.3) is 0 Å². The van der Waals surface area contributed by atoms with E-state index in [0.717, 1.165) is 0 Å². The average molecular weight is 776 g/mol.